The molecule has 0 radical (unpaired) electrons. The maximum Gasteiger partial charge on any atom is 0.198 e. The van der Waals surface area contributed by atoms with E-state index in [4.69, 9.17) is 4.42 Å². The molecule has 1 aliphatic rings. The lowest BCUT2D eigenvalue weighted by atomic mass is 9.58. The Balaban J connectivity index is 1.13. The molecule has 12 aromatic rings. The molecular formula is C53H37BN2OS2. The van der Waals surface area contributed by atoms with Crippen LogP contribution >= 0.6 is 22.7 Å². The van der Waals surface area contributed by atoms with Gasteiger partial charge in [0.05, 0.1) is 5.52 Å². The topological polar surface area (TPSA) is 30.1 Å². The van der Waals surface area contributed by atoms with Gasteiger partial charge in [-0.2, -0.15) is 0 Å². The van der Waals surface area contributed by atoms with Gasteiger partial charge in [0.25, 0.3) is 0 Å². The summed E-state index contributed by atoms with van der Waals surface area (Å²) in [5.41, 5.74) is 15.8. The summed E-state index contributed by atoms with van der Waals surface area (Å²) in [4.78, 5) is 0. The number of para-hydroxylation sites is 1. The summed E-state index contributed by atoms with van der Waals surface area (Å²) in [5.74, 6) is 0. The van der Waals surface area contributed by atoms with Crippen molar-refractivity contribution in [3.05, 3.63) is 151 Å². The highest BCUT2D eigenvalue weighted by Crippen LogP contribution is 2.46. The maximum atomic E-state index is 6.54. The number of hydrogen-bond acceptors (Lipinski definition) is 4. The van der Waals surface area contributed by atoms with E-state index in [9.17, 15) is 0 Å². The van der Waals surface area contributed by atoms with Crippen molar-refractivity contribution in [2.24, 2.45) is 0 Å². The number of rotatable bonds is 3. The molecule has 3 nitrogen and oxygen atoms in total. The fourth-order valence-electron chi connectivity index (χ4n) is 10.0. The molecule has 0 bridgehead atoms. The summed E-state index contributed by atoms with van der Waals surface area (Å²) in [7, 11) is 0.832. The Morgan fingerprint density at radius 1 is 0.576 bits per heavy atom. The SMILES string of the molecule is Cc1cc(-c2cc3c(cc2Nc2ccc(C(C)(C)C)cc2)sc2ccccc23)c2c3c1c1cc4oc5ccccc5c4cc1n3-c1cc3sc4ccccc4c3cc1B2. The van der Waals surface area contributed by atoms with E-state index in [-0.39, 0.29) is 5.41 Å². The average molecular weight is 793 g/mol. The first-order valence-electron chi connectivity index (χ1n) is 20.4. The van der Waals surface area contributed by atoms with E-state index in [1.165, 1.54) is 101 Å². The molecule has 1 N–H and O–H groups in total. The first kappa shape index (κ1) is 33.6. The van der Waals surface area contributed by atoms with Gasteiger partial charge in [-0.15, -0.1) is 22.7 Å². The van der Waals surface area contributed by atoms with Crippen LogP contribution in [-0.4, -0.2) is 11.8 Å². The predicted molar refractivity (Wildman–Crippen MR) is 259 cm³/mol. The van der Waals surface area contributed by atoms with Crippen molar-refractivity contribution in [1.82, 2.24) is 4.57 Å². The quantitative estimate of drug-likeness (QED) is 0.181. The highest BCUT2D eigenvalue weighted by Gasteiger charge is 2.30. The van der Waals surface area contributed by atoms with Crippen molar-refractivity contribution in [3.8, 4) is 16.8 Å². The summed E-state index contributed by atoms with van der Waals surface area (Å²) >= 11 is 3.77. The molecule has 59 heavy (non-hydrogen) atoms. The van der Waals surface area contributed by atoms with E-state index in [0.717, 1.165) is 40.6 Å². The first-order valence-corrected chi connectivity index (χ1v) is 22.1. The van der Waals surface area contributed by atoms with Crippen LogP contribution in [0.15, 0.2) is 144 Å². The van der Waals surface area contributed by atoms with Gasteiger partial charge in [-0.3, -0.25) is 0 Å². The summed E-state index contributed by atoms with van der Waals surface area (Å²) in [6, 6.07) is 52.1. The molecule has 4 aromatic heterocycles. The molecule has 0 atom stereocenters. The van der Waals surface area contributed by atoms with Gasteiger partial charge in [0, 0.05) is 84.6 Å². The lowest BCUT2D eigenvalue weighted by Crippen LogP contribution is -2.37. The molecule has 6 heteroatoms. The molecule has 0 spiro atoms. The van der Waals surface area contributed by atoms with Crippen LogP contribution in [0.4, 0.5) is 11.4 Å². The van der Waals surface area contributed by atoms with Gasteiger partial charge in [0.2, 0.25) is 0 Å². The van der Waals surface area contributed by atoms with Crippen molar-refractivity contribution in [1.29, 1.82) is 0 Å². The number of aromatic nitrogens is 1. The Hall–Kier alpha value is -6.34. The number of furan rings is 1. The number of thiophene rings is 2. The van der Waals surface area contributed by atoms with Crippen LogP contribution in [0.2, 0.25) is 0 Å². The Morgan fingerprint density at radius 3 is 2.00 bits per heavy atom. The number of hydrogen-bond donors (Lipinski definition) is 1. The van der Waals surface area contributed by atoms with E-state index in [2.05, 4.69) is 177 Å². The second kappa shape index (κ2) is 11.9. The summed E-state index contributed by atoms with van der Waals surface area (Å²) in [6.07, 6.45) is 0. The zero-order valence-corrected chi connectivity index (χ0v) is 34.8. The Bertz CT molecular complexity index is 3780. The molecule has 13 rings (SSSR count). The fourth-order valence-corrected chi connectivity index (χ4v) is 12.3. The van der Waals surface area contributed by atoms with Gasteiger partial charge in [-0.05, 0) is 101 Å². The third-order valence-electron chi connectivity index (χ3n) is 12.9. The van der Waals surface area contributed by atoms with Crippen molar-refractivity contribution in [2.45, 2.75) is 33.1 Å². The molecule has 5 heterocycles. The highest BCUT2D eigenvalue weighted by molar-refractivity contribution is 7.26. The molecule has 0 amide bonds. The standard InChI is InChI=1S/C53H37BN2OS2/c1-28-21-38(34-22-36-32-12-6-9-15-46(32)58-48(36)26-41(34)55-30-19-17-29(18-20-30)53(2,3)4)51-52-50(28)39-25-45-35(31-11-5-8-14-44(31)57-45)24-42(39)56(52)43-27-49-37(23-40(43)54-51)33-13-7-10-16-47(33)59-49/h5-27,54-55H,1-4H3. The molecule has 0 saturated carbocycles. The highest BCUT2D eigenvalue weighted by atomic mass is 32.1. The van der Waals surface area contributed by atoms with Crippen LogP contribution in [0, 0.1) is 6.92 Å². The van der Waals surface area contributed by atoms with Gasteiger partial charge in [0.1, 0.15) is 11.2 Å². The zero-order valence-electron chi connectivity index (χ0n) is 33.2. The van der Waals surface area contributed by atoms with Crippen LogP contribution in [0.25, 0.3) is 101 Å². The normalized spacial score (nSPS) is 12.9. The van der Waals surface area contributed by atoms with E-state index < -0.39 is 0 Å². The number of benzene rings is 8. The monoisotopic (exact) mass is 792 g/mol. The Morgan fingerprint density at radius 2 is 1.25 bits per heavy atom. The van der Waals surface area contributed by atoms with E-state index >= 15 is 0 Å². The van der Waals surface area contributed by atoms with Gasteiger partial charge in [-0.1, -0.05) is 105 Å². The third kappa shape index (κ3) is 4.82. The predicted octanol–water partition coefficient (Wildman–Crippen LogP) is 14.1. The molecular weight excluding hydrogens is 756 g/mol. The minimum absolute atomic E-state index is 0.0839. The average Bonchev–Trinajstić information content (AvgIpc) is 3.99. The largest absolute Gasteiger partial charge is 0.456 e. The number of nitrogens with one attached hydrogen (secondary N) is 1. The van der Waals surface area contributed by atoms with Crippen molar-refractivity contribution < 1.29 is 4.42 Å². The second-order valence-electron chi connectivity index (χ2n) is 17.4. The fraction of sp³-hybridized carbons (Fsp3) is 0.0943. The first-order chi connectivity index (χ1) is 28.7. The second-order valence-corrected chi connectivity index (χ2v) is 19.6. The van der Waals surface area contributed by atoms with E-state index in [1.54, 1.807) is 0 Å². The number of fused-ring (bicyclic) bond motifs is 14. The molecule has 0 saturated heterocycles. The number of nitrogens with zero attached hydrogens (tertiary/aromatic N) is 1. The van der Waals surface area contributed by atoms with Crippen LogP contribution < -0.4 is 16.2 Å². The molecule has 0 unspecified atom stereocenters. The van der Waals surface area contributed by atoms with E-state index in [0.29, 0.717) is 0 Å². The molecule has 0 fully saturated rings. The minimum Gasteiger partial charge on any atom is -0.456 e. The minimum atomic E-state index is 0.0839. The van der Waals surface area contributed by atoms with Crippen LogP contribution in [-0.2, 0) is 5.41 Å². The van der Waals surface area contributed by atoms with Crippen molar-refractivity contribution >= 4 is 136 Å². The Kier molecular flexibility index (Phi) is 6.77. The maximum absolute atomic E-state index is 6.54. The number of aryl methyl sites for hydroxylation is 1. The van der Waals surface area contributed by atoms with Crippen LogP contribution in [0.3, 0.4) is 0 Å². The van der Waals surface area contributed by atoms with Crippen molar-refractivity contribution in [2.75, 3.05) is 5.32 Å². The number of anilines is 2. The van der Waals surface area contributed by atoms with Gasteiger partial charge in [-0.25, -0.2) is 0 Å². The lowest BCUT2D eigenvalue weighted by Gasteiger charge is -2.25. The molecule has 1 aliphatic heterocycles. The smallest absolute Gasteiger partial charge is 0.198 e. The van der Waals surface area contributed by atoms with E-state index in [1.807, 2.05) is 22.7 Å². The zero-order chi connectivity index (χ0) is 39.3. The van der Waals surface area contributed by atoms with Gasteiger partial charge >= 0.3 is 0 Å². The van der Waals surface area contributed by atoms with Gasteiger partial charge in [0.15, 0.2) is 7.28 Å². The van der Waals surface area contributed by atoms with Crippen molar-refractivity contribution in [3.63, 3.8) is 0 Å². The summed E-state index contributed by atoms with van der Waals surface area (Å²) < 4.78 is 14.4. The molecule has 8 aromatic carbocycles. The molecule has 280 valence electrons. The Labute approximate surface area is 349 Å². The lowest BCUT2D eigenvalue weighted by molar-refractivity contribution is 0.590. The van der Waals surface area contributed by atoms with Crippen LogP contribution in [0.5, 0.6) is 0 Å². The van der Waals surface area contributed by atoms with Gasteiger partial charge < -0.3 is 14.3 Å². The van der Waals surface area contributed by atoms with Crippen LogP contribution in [0.1, 0.15) is 31.9 Å². The third-order valence-corrected chi connectivity index (χ3v) is 15.1. The summed E-state index contributed by atoms with van der Waals surface area (Å²) in [5, 5.41) is 14.1. The molecule has 0 aliphatic carbocycles. The summed E-state index contributed by atoms with van der Waals surface area (Å²) in [6.45, 7) is 9.12.